The number of rotatable bonds is 2. The summed E-state index contributed by atoms with van der Waals surface area (Å²) in [5.41, 5.74) is 3.24. The number of amides is 1. The zero-order chi connectivity index (χ0) is 15.1. The van der Waals surface area contributed by atoms with Crippen molar-refractivity contribution in [3.8, 4) is 0 Å². The van der Waals surface area contributed by atoms with Gasteiger partial charge in [0, 0.05) is 18.1 Å². The minimum absolute atomic E-state index is 0.0674. The first-order valence-electron chi connectivity index (χ1n) is 7.45. The second-order valence-electron chi connectivity index (χ2n) is 5.87. The highest BCUT2D eigenvalue weighted by atomic mass is 35.5. The third-order valence-electron chi connectivity index (χ3n) is 4.46. The van der Waals surface area contributed by atoms with Crippen LogP contribution in [0, 0.1) is 0 Å². The molecule has 0 spiro atoms. The Hall–Kier alpha value is -1.84. The molecule has 0 saturated carbocycles. The maximum absolute atomic E-state index is 12.8. The van der Waals surface area contributed by atoms with E-state index in [0.29, 0.717) is 24.7 Å². The maximum atomic E-state index is 12.8. The number of hydrogen-bond donors (Lipinski definition) is 0. The number of fused-ring (bicyclic) bond motifs is 3. The lowest BCUT2D eigenvalue weighted by Crippen LogP contribution is -2.28. The zero-order valence-corrected chi connectivity index (χ0v) is 12.8. The largest absolute Gasteiger partial charge is 0.371 e. The van der Waals surface area contributed by atoms with E-state index in [9.17, 15) is 4.79 Å². The second kappa shape index (κ2) is 5.41. The Bertz CT molecular complexity index is 716. The molecule has 2 atom stereocenters. The van der Waals surface area contributed by atoms with Gasteiger partial charge in [0.05, 0.1) is 18.6 Å². The Balaban J connectivity index is 1.63. The number of likely N-dealkylation sites (tertiary alicyclic amines) is 1. The van der Waals surface area contributed by atoms with Crippen LogP contribution in [0.4, 0.5) is 0 Å². The molecule has 2 aliphatic heterocycles. The molecule has 0 aromatic heterocycles. The summed E-state index contributed by atoms with van der Waals surface area (Å²) in [4.78, 5) is 14.7. The third kappa shape index (κ3) is 2.31. The normalized spacial score (nSPS) is 23.3. The topological polar surface area (TPSA) is 29.5 Å². The van der Waals surface area contributed by atoms with Crippen molar-refractivity contribution in [1.29, 1.82) is 0 Å². The molecule has 0 N–H and O–H groups in total. The van der Waals surface area contributed by atoms with Crippen molar-refractivity contribution in [2.24, 2.45) is 0 Å². The molecule has 2 aliphatic rings. The van der Waals surface area contributed by atoms with E-state index in [1.54, 1.807) is 0 Å². The summed E-state index contributed by atoms with van der Waals surface area (Å²) >= 11 is 6.12. The number of carbonyl (C=O) groups excluding carboxylic acids is 1. The van der Waals surface area contributed by atoms with Gasteiger partial charge in [0.25, 0.3) is 0 Å². The number of hydrogen-bond acceptors (Lipinski definition) is 2. The molecular formula is C18H16ClNO2. The van der Waals surface area contributed by atoms with Gasteiger partial charge in [0.15, 0.2) is 0 Å². The van der Waals surface area contributed by atoms with E-state index in [1.807, 2.05) is 53.4 Å². The third-order valence-corrected chi connectivity index (χ3v) is 4.70. The molecule has 112 valence electrons. The SMILES string of the molecule is O=C1C2c3cc(Cl)ccc3COC2CN1Cc1ccccc1. The molecule has 0 radical (unpaired) electrons. The van der Waals surface area contributed by atoms with Crippen molar-refractivity contribution >= 4 is 17.5 Å². The van der Waals surface area contributed by atoms with Gasteiger partial charge in [-0.05, 0) is 28.8 Å². The van der Waals surface area contributed by atoms with Crippen molar-refractivity contribution in [1.82, 2.24) is 4.90 Å². The number of nitrogens with zero attached hydrogens (tertiary/aromatic N) is 1. The first-order chi connectivity index (χ1) is 10.7. The molecule has 1 fully saturated rings. The minimum atomic E-state index is -0.217. The standard InChI is InChI=1S/C18H16ClNO2/c19-14-7-6-13-11-22-16-10-20(9-12-4-2-1-3-5-12)18(21)17(16)15(13)8-14/h1-8,16-17H,9-11H2. The van der Waals surface area contributed by atoms with Crippen LogP contribution in [-0.4, -0.2) is 23.5 Å². The van der Waals surface area contributed by atoms with Crippen LogP contribution in [0.1, 0.15) is 22.6 Å². The summed E-state index contributed by atoms with van der Waals surface area (Å²) in [5, 5.41) is 0.675. The summed E-state index contributed by atoms with van der Waals surface area (Å²) in [6, 6.07) is 15.8. The maximum Gasteiger partial charge on any atom is 0.233 e. The summed E-state index contributed by atoms with van der Waals surface area (Å²) < 4.78 is 5.90. The quantitative estimate of drug-likeness (QED) is 0.851. The van der Waals surface area contributed by atoms with Gasteiger partial charge < -0.3 is 9.64 Å². The van der Waals surface area contributed by atoms with Gasteiger partial charge in [-0.15, -0.1) is 0 Å². The van der Waals surface area contributed by atoms with Crippen molar-refractivity contribution in [3.63, 3.8) is 0 Å². The molecule has 2 heterocycles. The predicted octanol–water partition coefficient (Wildman–Crippen LogP) is 3.36. The van der Waals surface area contributed by atoms with Crippen LogP contribution < -0.4 is 0 Å². The van der Waals surface area contributed by atoms with Gasteiger partial charge >= 0.3 is 0 Å². The van der Waals surface area contributed by atoms with E-state index >= 15 is 0 Å². The van der Waals surface area contributed by atoms with Gasteiger partial charge in [-0.1, -0.05) is 48.0 Å². The van der Waals surface area contributed by atoms with E-state index in [1.165, 1.54) is 0 Å². The summed E-state index contributed by atoms with van der Waals surface area (Å²) in [5.74, 6) is -0.0803. The van der Waals surface area contributed by atoms with E-state index in [-0.39, 0.29) is 17.9 Å². The summed E-state index contributed by atoms with van der Waals surface area (Å²) in [7, 11) is 0. The van der Waals surface area contributed by atoms with Crippen molar-refractivity contribution < 1.29 is 9.53 Å². The lowest BCUT2D eigenvalue weighted by molar-refractivity contribution is -0.130. The molecule has 22 heavy (non-hydrogen) atoms. The molecule has 4 heteroatoms. The Morgan fingerprint density at radius 2 is 2.00 bits per heavy atom. The van der Waals surface area contributed by atoms with E-state index < -0.39 is 0 Å². The lowest BCUT2D eigenvalue weighted by Gasteiger charge is -2.26. The first-order valence-corrected chi connectivity index (χ1v) is 7.83. The molecule has 2 aromatic carbocycles. The van der Waals surface area contributed by atoms with Gasteiger partial charge in [-0.2, -0.15) is 0 Å². The van der Waals surface area contributed by atoms with Crippen molar-refractivity contribution in [2.75, 3.05) is 6.54 Å². The highest BCUT2D eigenvalue weighted by Gasteiger charge is 2.45. The fourth-order valence-corrected chi connectivity index (χ4v) is 3.56. The van der Waals surface area contributed by atoms with Gasteiger partial charge in [0.2, 0.25) is 5.91 Å². The smallest absolute Gasteiger partial charge is 0.233 e. The Kier molecular flexibility index (Phi) is 3.40. The molecule has 3 nitrogen and oxygen atoms in total. The fourth-order valence-electron chi connectivity index (χ4n) is 3.38. The first kappa shape index (κ1) is 13.8. The Morgan fingerprint density at radius 3 is 2.82 bits per heavy atom. The zero-order valence-electron chi connectivity index (χ0n) is 12.0. The van der Waals surface area contributed by atoms with Gasteiger partial charge in [-0.25, -0.2) is 0 Å². The second-order valence-corrected chi connectivity index (χ2v) is 6.31. The van der Waals surface area contributed by atoms with Crippen LogP contribution in [0.5, 0.6) is 0 Å². The fraction of sp³-hybridized carbons (Fsp3) is 0.278. The molecule has 0 bridgehead atoms. The molecular weight excluding hydrogens is 298 g/mol. The van der Waals surface area contributed by atoms with Crippen molar-refractivity contribution in [2.45, 2.75) is 25.2 Å². The number of benzene rings is 2. The lowest BCUT2D eigenvalue weighted by atomic mass is 9.89. The molecule has 2 unspecified atom stereocenters. The Morgan fingerprint density at radius 1 is 1.18 bits per heavy atom. The average molecular weight is 314 g/mol. The number of ether oxygens (including phenoxy) is 1. The monoisotopic (exact) mass is 313 g/mol. The highest BCUT2D eigenvalue weighted by molar-refractivity contribution is 6.30. The number of carbonyl (C=O) groups is 1. The molecule has 2 aromatic rings. The van der Waals surface area contributed by atoms with E-state index in [2.05, 4.69) is 0 Å². The van der Waals surface area contributed by atoms with Gasteiger partial charge in [0.1, 0.15) is 0 Å². The molecule has 1 amide bonds. The van der Waals surface area contributed by atoms with Crippen LogP contribution in [0.25, 0.3) is 0 Å². The molecule has 0 aliphatic carbocycles. The predicted molar refractivity (Wildman–Crippen MR) is 84.6 cm³/mol. The molecule has 1 saturated heterocycles. The average Bonchev–Trinajstić information content (AvgIpc) is 2.85. The minimum Gasteiger partial charge on any atom is -0.371 e. The molecule has 4 rings (SSSR count). The highest BCUT2D eigenvalue weighted by Crippen LogP contribution is 2.39. The van der Waals surface area contributed by atoms with Crippen molar-refractivity contribution in [3.05, 3.63) is 70.2 Å². The van der Waals surface area contributed by atoms with Crippen LogP contribution in [0.2, 0.25) is 5.02 Å². The summed E-state index contributed by atoms with van der Waals surface area (Å²) in [6.07, 6.45) is -0.0674. The van der Waals surface area contributed by atoms with Crippen LogP contribution in [-0.2, 0) is 22.7 Å². The van der Waals surface area contributed by atoms with Gasteiger partial charge in [-0.3, -0.25) is 4.79 Å². The van der Waals surface area contributed by atoms with E-state index in [4.69, 9.17) is 16.3 Å². The van der Waals surface area contributed by atoms with Crippen LogP contribution >= 0.6 is 11.6 Å². The van der Waals surface area contributed by atoms with E-state index in [0.717, 1.165) is 16.7 Å². The van der Waals surface area contributed by atoms with Crippen LogP contribution in [0.3, 0.4) is 0 Å². The summed E-state index contributed by atoms with van der Waals surface area (Å²) in [6.45, 7) is 1.83. The Labute approximate surface area is 134 Å². The number of halogens is 1. The van der Waals surface area contributed by atoms with Crippen LogP contribution in [0.15, 0.2) is 48.5 Å².